The number of hydrogen-bond donors (Lipinski definition) is 0. The number of rotatable bonds is 6. The maximum atomic E-state index is 11.0. The normalized spacial score (nSPS) is 10.9. The third kappa shape index (κ3) is 6.47. The van der Waals surface area contributed by atoms with Gasteiger partial charge in [0.1, 0.15) is 10.1 Å². The molecule has 0 unspecified atom stereocenters. The molecule has 0 aromatic heterocycles. The summed E-state index contributed by atoms with van der Waals surface area (Å²) in [5.41, 5.74) is 0.647. The second-order valence-electron chi connectivity index (χ2n) is 3.87. The average Bonchev–Trinajstić information content (AvgIpc) is 2.24. The molecule has 90 valence electrons. The average molecular weight is 280 g/mol. The molecule has 0 saturated heterocycles. The van der Waals surface area contributed by atoms with Crippen LogP contribution in [0, 0.1) is 0 Å². The second kappa shape index (κ2) is 8.80. The maximum absolute atomic E-state index is 11.0. The SMILES string of the molecule is CCCCCCc1ccccc1S(=O)(=O)[O-].[K+]. The first-order chi connectivity index (χ1) is 7.55. The second-order valence-corrected chi connectivity index (χ2v) is 5.22. The summed E-state index contributed by atoms with van der Waals surface area (Å²) in [6, 6.07) is 6.46. The van der Waals surface area contributed by atoms with Gasteiger partial charge in [0.15, 0.2) is 0 Å². The molecule has 0 amide bonds. The van der Waals surface area contributed by atoms with E-state index >= 15 is 0 Å². The summed E-state index contributed by atoms with van der Waals surface area (Å²) in [4.78, 5) is -0.0634. The van der Waals surface area contributed by atoms with Gasteiger partial charge in [-0.1, -0.05) is 44.4 Å². The van der Waals surface area contributed by atoms with E-state index in [4.69, 9.17) is 0 Å². The van der Waals surface area contributed by atoms with Gasteiger partial charge in [-0.25, -0.2) is 8.42 Å². The zero-order valence-corrected chi connectivity index (χ0v) is 14.4. The van der Waals surface area contributed by atoms with E-state index in [1.807, 2.05) is 0 Å². The van der Waals surface area contributed by atoms with Crippen LogP contribution >= 0.6 is 0 Å². The number of unbranched alkanes of at least 4 members (excludes halogenated alkanes) is 3. The zero-order valence-electron chi connectivity index (χ0n) is 10.5. The van der Waals surface area contributed by atoms with Gasteiger partial charge >= 0.3 is 51.4 Å². The Kier molecular flexibility index (Phi) is 9.19. The molecule has 0 heterocycles. The molecular weight excluding hydrogens is 263 g/mol. The molecule has 0 spiro atoms. The van der Waals surface area contributed by atoms with Gasteiger partial charge in [0.25, 0.3) is 0 Å². The maximum Gasteiger partial charge on any atom is 1.00 e. The van der Waals surface area contributed by atoms with Crippen molar-refractivity contribution in [1.29, 1.82) is 0 Å². The molecule has 0 atom stereocenters. The van der Waals surface area contributed by atoms with Crippen LogP contribution in [-0.4, -0.2) is 13.0 Å². The fourth-order valence-corrected chi connectivity index (χ4v) is 2.43. The summed E-state index contributed by atoms with van der Waals surface area (Å²) in [5.74, 6) is 0. The fourth-order valence-electron chi connectivity index (χ4n) is 1.70. The van der Waals surface area contributed by atoms with Gasteiger partial charge < -0.3 is 4.55 Å². The van der Waals surface area contributed by atoms with Crippen molar-refractivity contribution >= 4 is 10.1 Å². The minimum atomic E-state index is -4.33. The van der Waals surface area contributed by atoms with Gasteiger partial charge in [0, 0.05) is 0 Å². The van der Waals surface area contributed by atoms with E-state index in [-0.39, 0.29) is 56.3 Å². The van der Waals surface area contributed by atoms with Crippen LogP contribution in [-0.2, 0) is 16.5 Å². The zero-order chi connectivity index (χ0) is 12.0. The first-order valence-electron chi connectivity index (χ1n) is 5.59. The minimum absolute atomic E-state index is 0. The molecule has 0 aliphatic rings. The summed E-state index contributed by atoms with van der Waals surface area (Å²) in [6.45, 7) is 2.12. The Hall–Kier alpha value is 0.766. The van der Waals surface area contributed by atoms with Crippen molar-refractivity contribution in [2.24, 2.45) is 0 Å². The predicted molar refractivity (Wildman–Crippen MR) is 62.3 cm³/mol. The van der Waals surface area contributed by atoms with Crippen LogP contribution in [0.25, 0.3) is 0 Å². The third-order valence-corrected chi connectivity index (χ3v) is 3.48. The van der Waals surface area contributed by atoms with E-state index < -0.39 is 10.1 Å². The van der Waals surface area contributed by atoms with E-state index in [9.17, 15) is 13.0 Å². The van der Waals surface area contributed by atoms with Crippen molar-refractivity contribution < 1.29 is 64.4 Å². The number of aryl methyl sites for hydroxylation is 1. The molecule has 1 aromatic carbocycles. The molecule has 0 N–H and O–H groups in total. The molecule has 3 nitrogen and oxygen atoms in total. The van der Waals surface area contributed by atoms with Crippen molar-refractivity contribution in [3.63, 3.8) is 0 Å². The summed E-state index contributed by atoms with van der Waals surface area (Å²) < 4.78 is 33.0. The predicted octanol–water partition coefficient (Wildman–Crippen LogP) is -0.282. The Morgan fingerprint density at radius 2 is 1.76 bits per heavy atom. The Bertz CT molecular complexity index is 429. The first-order valence-corrected chi connectivity index (χ1v) is 7.00. The molecule has 0 saturated carbocycles. The largest absolute Gasteiger partial charge is 1.00 e. The topological polar surface area (TPSA) is 57.2 Å². The van der Waals surface area contributed by atoms with E-state index in [1.165, 1.54) is 6.07 Å². The van der Waals surface area contributed by atoms with E-state index in [2.05, 4.69) is 6.92 Å². The van der Waals surface area contributed by atoms with Crippen LogP contribution in [0.2, 0.25) is 0 Å². The van der Waals surface area contributed by atoms with Crippen molar-refractivity contribution in [2.75, 3.05) is 0 Å². The van der Waals surface area contributed by atoms with Gasteiger partial charge in [-0.15, -0.1) is 0 Å². The quantitative estimate of drug-likeness (QED) is 0.409. The summed E-state index contributed by atoms with van der Waals surface area (Å²) >= 11 is 0. The number of hydrogen-bond acceptors (Lipinski definition) is 3. The van der Waals surface area contributed by atoms with Gasteiger partial charge in [-0.05, 0) is 24.5 Å². The van der Waals surface area contributed by atoms with Crippen molar-refractivity contribution in [3.8, 4) is 0 Å². The van der Waals surface area contributed by atoms with Crippen LogP contribution < -0.4 is 51.4 Å². The van der Waals surface area contributed by atoms with E-state index in [1.54, 1.807) is 18.2 Å². The van der Waals surface area contributed by atoms with Crippen molar-refractivity contribution in [2.45, 2.75) is 43.9 Å². The Morgan fingerprint density at radius 1 is 1.12 bits per heavy atom. The molecule has 5 heteroatoms. The van der Waals surface area contributed by atoms with Gasteiger partial charge in [0.05, 0.1) is 4.90 Å². The van der Waals surface area contributed by atoms with Gasteiger partial charge in [-0.2, -0.15) is 0 Å². The Balaban J connectivity index is 0.00000256. The molecule has 0 aliphatic carbocycles. The molecular formula is C12H17KO3S. The fraction of sp³-hybridized carbons (Fsp3) is 0.500. The van der Waals surface area contributed by atoms with Crippen LogP contribution in [0.5, 0.6) is 0 Å². The van der Waals surface area contributed by atoms with Gasteiger partial charge in [0.2, 0.25) is 0 Å². The third-order valence-electron chi connectivity index (χ3n) is 2.54. The van der Waals surface area contributed by atoms with Crippen molar-refractivity contribution in [3.05, 3.63) is 29.8 Å². The van der Waals surface area contributed by atoms with Crippen LogP contribution in [0.3, 0.4) is 0 Å². The summed E-state index contributed by atoms with van der Waals surface area (Å²) in [6.07, 6.45) is 4.95. The summed E-state index contributed by atoms with van der Waals surface area (Å²) in [5, 5.41) is 0. The smallest absolute Gasteiger partial charge is 0.744 e. The number of benzene rings is 1. The monoisotopic (exact) mass is 280 g/mol. The Labute approximate surface area is 146 Å². The molecule has 0 fully saturated rings. The molecule has 0 bridgehead atoms. The molecule has 0 aliphatic heterocycles. The van der Waals surface area contributed by atoms with Gasteiger partial charge in [-0.3, -0.25) is 0 Å². The van der Waals surface area contributed by atoms with Crippen LogP contribution in [0.1, 0.15) is 38.2 Å². The molecule has 1 aromatic rings. The van der Waals surface area contributed by atoms with Crippen LogP contribution in [0.15, 0.2) is 29.2 Å². The van der Waals surface area contributed by atoms with Crippen LogP contribution in [0.4, 0.5) is 0 Å². The first kappa shape index (κ1) is 17.8. The minimum Gasteiger partial charge on any atom is -0.744 e. The summed E-state index contributed by atoms with van der Waals surface area (Å²) in [7, 11) is -4.33. The van der Waals surface area contributed by atoms with E-state index in [0.29, 0.717) is 12.0 Å². The molecule has 17 heavy (non-hydrogen) atoms. The molecule has 1 rings (SSSR count). The molecule has 0 radical (unpaired) electrons. The Morgan fingerprint density at radius 3 is 2.35 bits per heavy atom. The van der Waals surface area contributed by atoms with Crippen molar-refractivity contribution in [1.82, 2.24) is 0 Å². The standard InChI is InChI=1S/C12H18O3S.K/c1-2-3-4-5-8-11-9-6-7-10-12(11)16(13,14)15;/h6-7,9-10H,2-5,8H2,1H3,(H,13,14,15);/q;+1/p-1. The van der Waals surface area contributed by atoms with E-state index in [0.717, 1.165) is 25.7 Å².